The summed E-state index contributed by atoms with van der Waals surface area (Å²) in [6.07, 6.45) is 0.786. The van der Waals surface area contributed by atoms with Crippen molar-refractivity contribution in [2.24, 2.45) is 0 Å². The minimum Gasteiger partial charge on any atom is -0.477 e. The second-order valence-electron chi connectivity index (χ2n) is 5.37. The Bertz CT molecular complexity index is 562. The number of carbonyl (C=O) groups excluding carboxylic acids is 1. The lowest BCUT2D eigenvalue weighted by Gasteiger charge is -2.24. The van der Waals surface area contributed by atoms with Gasteiger partial charge in [-0.2, -0.15) is 0 Å². The van der Waals surface area contributed by atoms with Crippen LogP contribution < -0.4 is 10.6 Å². The van der Waals surface area contributed by atoms with Gasteiger partial charge >= 0.3 is 5.97 Å². The van der Waals surface area contributed by atoms with Crippen LogP contribution in [-0.4, -0.2) is 46.5 Å². The molecule has 0 spiro atoms. The molecule has 1 aliphatic rings. The molecule has 1 aliphatic heterocycles. The van der Waals surface area contributed by atoms with E-state index in [9.17, 15) is 18.4 Å². The van der Waals surface area contributed by atoms with Gasteiger partial charge < -0.3 is 15.7 Å². The van der Waals surface area contributed by atoms with Gasteiger partial charge in [-0.3, -0.25) is 4.79 Å². The molecule has 1 amide bonds. The molecular formula is C13H15F2N3O3. The van der Waals surface area contributed by atoms with Crippen molar-refractivity contribution in [3.05, 3.63) is 29.6 Å². The summed E-state index contributed by atoms with van der Waals surface area (Å²) in [4.78, 5) is 26.1. The SMILES string of the molecule is CC1(CNC(=O)c2ccc(C(=O)O)nc2)CC(F)(F)CN1. The number of hydrogen-bond donors (Lipinski definition) is 3. The van der Waals surface area contributed by atoms with Crippen molar-refractivity contribution in [1.29, 1.82) is 0 Å². The third-order valence-corrected chi connectivity index (χ3v) is 3.31. The quantitative estimate of drug-likeness (QED) is 0.768. The highest BCUT2D eigenvalue weighted by atomic mass is 19.3. The second kappa shape index (κ2) is 5.36. The van der Waals surface area contributed by atoms with Gasteiger partial charge in [-0.25, -0.2) is 18.6 Å². The number of rotatable bonds is 4. The maximum absolute atomic E-state index is 13.2. The van der Waals surface area contributed by atoms with Gasteiger partial charge in [0.15, 0.2) is 0 Å². The van der Waals surface area contributed by atoms with Crippen LogP contribution in [0.4, 0.5) is 8.78 Å². The Balaban J connectivity index is 1.94. The summed E-state index contributed by atoms with van der Waals surface area (Å²) in [7, 11) is 0. The molecule has 21 heavy (non-hydrogen) atoms. The average molecular weight is 299 g/mol. The molecule has 114 valence electrons. The number of hydrogen-bond acceptors (Lipinski definition) is 4. The number of carbonyl (C=O) groups is 2. The van der Waals surface area contributed by atoms with Crippen molar-refractivity contribution in [2.45, 2.75) is 24.8 Å². The van der Waals surface area contributed by atoms with Crippen molar-refractivity contribution in [2.75, 3.05) is 13.1 Å². The minimum atomic E-state index is -2.77. The Labute approximate surface area is 119 Å². The first-order chi connectivity index (χ1) is 9.71. The molecule has 1 aromatic rings. The summed E-state index contributed by atoms with van der Waals surface area (Å²) in [5.74, 6) is -4.45. The van der Waals surface area contributed by atoms with E-state index in [0.29, 0.717) is 0 Å². The zero-order valence-electron chi connectivity index (χ0n) is 11.3. The number of aromatic nitrogens is 1. The number of amides is 1. The van der Waals surface area contributed by atoms with E-state index in [0.717, 1.165) is 6.20 Å². The van der Waals surface area contributed by atoms with Gasteiger partial charge in [0.1, 0.15) is 5.69 Å². The second-order valence-corrected chi connectivity index (χ2v) is 5.37. The number of pyridine rings is 1. The highest BCUT2D eigenvalue weighted by Gasteiger charge is 2.46. The van der Waals surface area contributed by atoms with Crippen LogP contribution in [0.5, 0.6) is 0 Å². The van der Waals surface area contributed by atoms with Gasteiger partial charge in [0.25, 0.3) is 11.8 Å². The van der Waals surface area contributed by atoms with Gasteiger partial charge in [-0.15, -0.1) is 0 Å². The van der Waals surface area contributed by atoms with E-state index in [1.807, 2.05) is 0 Å². The summed E-state index contributed by atoms with van der Waals surface area (Å²) in [5.41, 5.74) is -0.864. The molecule has 8 heteroatoms. The standard InChI is InChI=1S/C13H15F2N3O3/c1-12(5-13(14,15)7-18-12)6-17-10(19)8-2-3-9(11(20)21)16-4-8/h2-4,18H,5-7H2,1H3,(H,17,19)(H,20,21). The van der Waals surface area contributed by atoms with Gasteiger partial charge in [-0.1, -0.05) is 0 Å². The summed E-state index contributed by atoms with van der Waals surface area (Å²) < 4.78 is 26.3. The molecule has 1 unspecified atom stereocenters. The Kier molecular flexibility index (Phi) is 3.91. The lowest BCUT2D eigenvalue weighted by atomic mass is 9.99. The largest absolute Gasteiger partial charge is 0.477 e. The molecule has 1 saturated heterocycles. The molecule has 0 aliphatic carbocycles. The predicted octanol–water partition coefficient (Wildman–Crippen LogP) is 0.897. The Morgan fingerprint density at radius 1 is 1.48 bits per heavy atom. The first-order valence-corrected chi connectivity index (χ1v) is 6.31. The van der Waals surface area contributed by atoms with E-state index in [2.05, 4.69) is 15.6 Å². The van der Waals surface area contributed by atoms with E-state index in [1.54, 1.807) is 6.92 Å². The predicted molar refractivity (Wildman–Crippen MR) is 69.5 cm³/mol. The molecule has 0 saturated carbocycles. The number of halogens is 2. The normalized spacial score (nSPS) is 23.8. The van der Waals surface area contributed by atoms with E-state index < -0.39 is 29.9 Å². The molecule has 1 atom stereocenters. The van der Waals surface area contributed by atoms with Crippen LogP contribution >= 0.6 is 0 Å². The fourth-order valence-electron chi connectivity index (χ4n) is 2.20. The fourth-order valence-corrected chi connectivity index (χ4v) is 2.20. The number of carboxylic acids is 1. The molecule has 0 radical (unpaired) electrons. The van der Waals surface area contributed by atoms with Crippen molar-refractivity contribution < 1.29 is 23.5 Å². The lowest BCUT2D eigenvalue weighted by molar-refractivity contribution is 0.0166. The third-order valence-electron chi connectivity index (χ3n) is 3.31. The minimum absolute atomic E-state index is 0.0438. The van der Waals surface area contributed by atoms with E-state index in [4.69, 9.17) is 5.11 Å². The van der Waals surface area contributed by atoms with Crippen LogP contribution in [0.1, 0.15) is 34.2 Å². The highest BCUT2D eigenvalue weighted by Crippen LogP contribution is 2.31. The Hall–Kier alpha value is -2.09. The van der Waals surface area contributed by atoms with Crippen molar-refractivity contribution in [3.63, 3.8) is 0 Å². The van der Waals surface area contributed by atoms with Crippen LogP contribution in [-0.2, 0) is 0 Å². The van der Waals surface area contributed by atoms with Crippen molar-refractivity contribution in [1.82, 2.24) is 15.6 Å². The lowest BCUT2D eigenvalue weighted by Crippen LogP contribution is -2.47. The highest BCUT2D eigenvalue weighted by molar-refractivity contribution is 5.94. The monoisotopic (exact) mass is 299 g/mol. The number of carboxylic acid groups (broad SMARTS) is 1. The molecular weight excluding hydrogens is 284 g/mol. The smallest absolute Gasteiger partial charge is 0.354 e. The average Bonchev–Trinajstić information content (AvgIpc) is 2.71. The van der Waals surface area contributed by atoms with Gasteiger partial charge in [0.2, 0.25) is 0 Å². The van der Waals surface area contributed by atoms with E-state index in [1.165, 1.54) is 12.1 Å². The van der Waals surface area contributed by atoms with Gasteiger partial charge in [0, 0.05) is 24.7 Å². The molecule has 3 N–H and O–H groups in total. The zero-order valence-corrected chi connectivity index (χ0v) is 11.3. The summed E-state index contributed by atoms with van der Waals surface area (Å²) in [5, 5.41) is 13.9. The zero-order chi connectivity index (χ0) is 15.7. The number of alkyl halides is 2. The number of nitrogens with zero attached hydrogens (tertiary/aromatic N) is 1. The molecule has 2 heterocycles. The molecule has 0 aromatic carbocycles. The summed E-state index contributed by atoms with van der Waals surface area (Å²) in [6.45, 7) is 1.25. The Morgan fingerprint density at radius 3 is 2.67 bits per heavy atom. The first-order valence-electron chi connectivity index (χ1n) is 6.31. The molecule has 1 fully saturated rings. The van der Waals surface area contributed by atoms with Crippen LogP contribution in [0, 0.1) is 0 Å². The van der Waals surface area contributed by atoms with Crippen LogP contribution in [0.2, 0.25) is 0 Å². The molecule has 1 aromatic heterocycles. The first kappa shape index (κ1) is 15.3. The topological polar surface area (TPSA) is 91.3 Å². The van der Waals surface area contributed by atoms with E-state index in [-0.39, 0.29) is 24.2 Å². The van der Waals surface area contributed by atoms with Crippen LogP contribution in [0.25, 0.3) is 0 Å². The summed E-state index contributed by atoms with van der Waals surface area (Å²) in [6, 6.07) is 2.53. The number of aromatic carboxylic acids is 1. The van der Waals surface area contributed by atoms with Gasteiger partial charge in [0.05, 0.1) is 12.1 Å². The maximum atomic E-state index is 13.2. The van der Waals surface area contributed by atoms with Crippen molar-refractivity contribution >= 4 is 11.9 Å². The third kappa shape index (κ3) is 3.72. The van der Waals surface area contributed by atoms with Crippen LogP contribution in [0.3, 0.4) is 0 Å². The fraction of sp³-hybridized carbons (Fsp3) is 0.462. The summed E-state index contributed by atoms with van der Waals surface area (Å²) >= 11 is 0. The molecule has 0 bridgehead atoms. The van der Waals surface area contributed by atoms with Crippen LogP contribution in [0.15, 0.2) is 18.3 Å². The Morgan fingerprint density at radius 2 is 2.19 bits per heavy atom. The van der Waals surface area contributed by atoms with Crippen molar-refractivity contribution in [3.8, 4) is 0 Å². The van der Waals surface area contributed by atoms with E-state index >= 15 is 0 Å². The molecule has 2 rings (SSSR count). The molecule has 6 nitrogen and oxygen atoms in total. The van der Waals surface area contributed by atoms with Gasteiger partial charge in [-0.05, 0) is 19.1 Å². The number of nitrogens with one attached hydrogen (secondary N) is 2. The maximum Gasteiger partial charge on any atom is 0.354 e.